The van der Waals surface area contributed by atoms with E-state index < -0.39 is 11.6 Å². The Bertz CT molecular complexity index is 435. The molecule has 2 rings (SSSR count). The molecule has 0 aromatic heterocycles. The summed E-state index contributed by atoms with van der Waals surface area (Å²) in [6.07, 6.45) is 2.36. The van der Waals surface area contributed by atoms with E-state index in [0.29, 0.717) is 12.5 Å². The number of hydrogen-bond acceptors (Lipinski definition) is 1. The number of carbonyl (C=O) groups excluding carboxylic acids is 1. The molecule has 1 aliphatic carbocycles. The van der Waals surface area contributed by atoms with Crippen LogP contribution in [0, 0.1) is 17.6 Å². The second-order valence-corrected chi connectivity index (χ2v) is 5.37. The third-order valence-electron chi connectivity index (χ3n) is 2.77. The number of carbonyl (C=O) groups is 1. The molecule has 1 aliphatic rings. The molecule has 1 aromatic carbocycles. The molecule has 1 unspecified atom stereocenters. The van der Waals surface area contributed by atoms with Gasteiger partial charge in [-0.2, -0.15) is 0 Å². The minimum atomic E-state index is -1.00. The van der Waals surface area contributed by atoms with Crippen LogP contribution in [0.1, 0.15) is 23.2 Å². The third kappa shape index (κ3) is 3.25. The first kappa shape index (κ1) is 12.5. The second-order valence-electron chi connectivity index (χ2n) is 4.19. The van der Waals surface area contributed by atoms with Gasteiger partial charge < -0.3 is 5.32 Å². The summed E-state index contributed by atoms with van der Waals surface area (Å²) in [7, 11) is 0. The molecule has 1 saturated carbocycles. The van der Waals surface area contributed by atoms with Crippen molar-refractivity contribution in [3.63, 3.8) is 0 Å². The van der Waals surface area contributed by atoms with Gasteiger partial charge in [-0.05, 0) is 37.0 Å². The van der Waals surface area contributed by atoms with Gasteiger partial charge in [0.15, 0.2) is 11.6 Å². The van der Waals surface area contributed by atoms with E-state index in [2.05, 4.69) is 21.2 Å². The molecule has 0 aliphatic heterocycles. The van der Waals surface area contributed by atoms with Crippen molar-refractivity contribution in [1.82, 2.24) is 5.32 Å². The number of alkyl halides is 1. The van der Waals surface area contributed by atoms with Crippen LogP contribution in [0.3, 0.4) is 0 Å². The van der Waals surface area contributed by atoms with Gasteiger partial charge in [-0.1, -0.05) is 15.9 Å². The van der Waals surface area contributed by atoms with Crippen LogP contribution in [0.25, 0.3) is 0 Å². The monoisotopic (exact) mass is 303 g/mol. The maximum atomic E-state index is 12.9. The summed E-state index contributed by atoms with van der Waals surface area (Å²) in [5, 5.41) is 2.69. The van der Waals surface area contributed by atoms with Gasteiger partial charge in [-0.15, -0.1) is 0 Å². The summed E-state index contributed by atoms with van der Waals surface area (Å²) in [6.45, 7) is 0.502. The molecule has 0 heterocycles. The molecule has 0 saturated heterocycles. The molecule has 92 valence electrons. The van der Waals surface area contributed by atoms with Crippen LogP contribution in [0.5, 0.6) is 0 Å². The molecule has 1 aromatic rings. The largest absolute Gasteiger partial charge is 0.351 e. The summed E-state index contributed by atoms with van der Waals surface area (Å²) in [6, 6.07) is 3.13. The Labute approximate surface area is 107 Å². The fourth-order valence-electron chi connectivity index (χ4n) is 1.55. The van der Waals surface area contributed by atoms with Crippen molar-refractivity contribution in [1.29, 1.82) is 0 Å². The topological polar surface area (TPSA) is 29.1 Å². The maximum Gasteiger partial charge on any atom is 0.251 e. The number of hydrogen-bond donors (Lipinski definition) is 1. The number of rotatable bonds is 4. The summed E-state index contributed by atoms with van der Waals surface area (Å²) >= 11 is 3.48. The van der Waals surface area contributed by atoms with E-state index in [4.69, 9.17) is 0 Å². The van der Waals surface area contributed by atoms with Gasteiger partial charge in [0, 0.05) is 16.9 Å². The smallest absolute Gasteiger partial charge is 0.251 e. The highest BCUT2D eigenvalue weighted by molar-refractivity contribution is 9.09. The molecule has 1 amide bonds. The molecule has 17 heavy (non-hydrogen) atoms. The van der Waals surface area contributed by atoms with Gasteiger partial charge in [-0.3, -0.25) is 4.79 Å². The molecule has 1 N–H and O–H groups in total. The summed E-state index contributed by atoms with van der Waals surface area (Å²) in [5.41, 5.74) is 0.138. The average molecular weight is 304 g/mol. The van der Waals surface area contributed by atoms with Crippen molar-refractivity contribution in [2.75, 3.05) is 6.54 Å². The van der Waals surface area contributed by atoms with Crippen molar-refractivity contribution >= 4 is 21.8 Å². The number of amides is 1. The van der Waals surface area contributed by atoms with E-state index in [1.807, 2.05) is 0 Å². The normalized spacial score (nSPS) is 16.6. The maximum absolute atomic E-state index is 12.9. The van der Waals surface area contributed by atoms with Gasteiger partial charge in [0.2, 0.25) is 0 Å². The lowest BCUT2D eigenvalue weighted by molar-refractivity contribution is 0.0953. The highest BCUT2D eigenvalue weighted by Crippen LogP contribution is 2.36. The van der Waals surface area contributed by atoms with Gasteiger partial charge in [-0.25, -0.2) is 8.78 Å². The fourth-order valence-corrected chi connectivity index (χ4v) is 2.24. The van der Waals surface area contributed by atoms with Gasteiger partial charge in [0.25, 0.3) is 5.91 Å². The van der Waals surface area contributed by atoms with E-state index in [1.54, 1.807) is 0 Å². The molecule has 1 atom stereocenters. The number of nitrogens with one attached hydrogen (secondary N) is 1. The highest BCUT2D eigenvalue weighted by Gasteiger charge is 2.29. The summed E-state index contributed by atoms with van der Waals surface area (Å²) in [4.78, 5) is 11.9. The Morgan fingerprint density at radius 1 is 1.41 bits per heavy atom. The van der Waals surface area contributed by atoms with Crippen LogP contribution >= 0.6 is 15.9 Å². The molecule has 0 bridgehead atoms. The Hall–Kier alpha value is -0.970. The van der Waals surface area contributed by atoms with Crippen LogP contribution in [-0.2, 0) is 0 Å². The summed E-state index contributed by atoms with van der Waals surface area (Å²) < 4.78 is 25.6. The molecule has 2 nitrogen and oxygen atoms in total. The van der Waals surface area contributed by atoms with E-state index in [-0.39, 0.29) is 16.3 Å². The minimum Gasteiger partial charge on any atom is -0.351 e. The van der Waals surface area contributed by atoms with E-state index in [0.717, 1.165) is 12.1 Å². The molecular formula is C12H12BrF2NO. The zero-order valence-electron chi connectivity index (χ0n) is 9.05. The average Bonchev–Trinajstić information content (AvgIpc) is 3.13. The summed E-state index contributed by atoms with van der Waals surface area (Å²) in [5.74, 6) is -1.71. The van der Waals surface area contributed by atoms with E-state index in [1.165, 1.54) is 18.9 Å². The van der Waals surface area contributed by atoms with E-state index >= 15 is 0 Å². The van der Waals surface area contributed by atoms with Gasteiger partial charge in [0.1, 0.15) is 0 Å². The van der Waals surface area contributed by atoms with Crippen LogP contribution in [0.4, 0.5) is 8.78 Å². The fraction of sp³-hybridized carbons (Fsp3) is 0.417. The Balaban J connectivity index is 1.92. The van der Waals surface area contributed by atoms with Gasteiger partial charge >= 0.3 is 0 Å². The zero-order chi connectivity index (χ0) is 12.4. The van der Waals surface area contributed by atoms with Crippen molar-refractivity contribution < 1.29 is 13.6 Å². The molecular weight excluding hydrogens is 292 g/mol. The Morgan fingerprint density at radius 3 is 2.71 bits per heavy atom. The third-order valence-corrected chi connectivity index (χ3v) is 3.84. The lowest BCUT2D eigenvalue weighted by Crippen LogP contribution is -2.30. The number of halogens is 3. The van der Waals surface area contributed by atoms with Crippen LogP contribution < -0.4 is 5.32 Å². The van der Waals surface area contributed by atoms with Crippen molar-refractivity contribution in [3.05, 3.63) is 35.4 Å². The molecule has 0 radical (unpaired) electrons. The predicted octanol–water partition coefficient (Wildman–Crippen LogP) is 2.87. The first-order chi connectivity index (χ1) is 8.08. The SMILES string of the molecule is O=C(NCC(Br)C1CC1)c1ccc(F)c(F)c1. The lowest BCUT2D eigenvalue weighted by Gasteiger charge is -2.10. The standard InChI is InChI=1S/C12H12BrF2NO/c13-9(7-1-2-7)6-16-12(17)8-3-4-10(14)11(15)5-8/h3-5,7,9H,1-2,6H2,(H,16,17). The Morgan fingerprint density at radius 2 is 2.12 bits per heavy atom. The highest BCUT2D eigenvalue weighted by atomic mass is 79.9. The molecule has 1 fully saturated rings. The predicted molar refractivity (Wildman–Crippen MR) is 64.1 cm³/mol. The molecule has 5 heteroatoms. The van der Waals surface area contributed by atoms with Crippen LogP contribution in [0.15, 0.2) is 18.2 Å². The van der Waals surface area contributed by atoms with Crippen molar-refractivity contribution in [2.24, 2.45) is 5.92 Å². The molecule has 0 spiro atoms. The Kier molecular flexibility index (Phi) is 3.76. The second kappa shape index (κ2) is 5.12. The quantitative estimate of drug-likeness (QED) is 0.852. The van der Waals surface area contributed by atoms with E-state index in [9.17, 15) is 13.6 Å². The first-order valence-corrected chi connectivity index (χ1v) is 6.37. The minimum absolute atomic E-state index is 0.138. The van der Waals surface area contributed by atoms with Crippen LogP contribution in [-0.4, -0.2) is 17.3 Å². The van der Waals surface area contributed by atoms with Crippen molar-refractivity contribution in [3.8, 4) is 0 Å². The van der Waals surface area contributed by atoms with Gasteiger partial charge in [0.05, 0.1) is 0 Å². The van der Waals surface area contributed by atoms with Crippen molar-refractivity contribution in [2.45, 2.75) is 17.7 Å². The first-order valence-electron chi connectivity index (χ1n) is 5.45. The lowest BCUT2D eigenvalue weighted by atomic mass is 10.2. The van der Waals surface area contributed by atoms with Crippen LogP contribution in [0.2, 0.25) is 0 Å². The number of benzene rings is 1. The zero-order valence-corrected chi connectivity index (χ0v) is 10.6.